The lowest BCUT2D eigenvalue weighted by molar-refractivity contribution is 0.282. The first-order chi connectivity index (χ1) is 34.4. The van der Waals surface area contributed by atoms with Gasteiger partial charge in [0, 0.05) is 22.4 Å². The maximum Gasteiger partial charge on any atom is 0.297 e. The average Bonchev–Trinajstić information content (AvgIpc) is 3.90. The lowest BCUT2D eigenvalue weighted by atomic mass is 10.1. The Morgan fingerprint density at radius 1 is 0.658 bits per heavy atom. The predicted octanol–water partition coefficient (Wildman–Crippen LogP) is 9.16. The second kappa shape index (κ2) is 20.2. The molecule has 0 fully saturated rings. The standard InChI is InChI=1S/C43H35N9O16S5/c1-23-16-35(36(68-14-5-15-70(56,57)58)21-34(23)47-50-43-44-31-11-8-24(22-53)17-37(31)69-43)48-45-32-12-10-30-29(40(32)54)9-13-33(41(30)73(65,66)67)46-49-39-38(25-6-3-2-4-7-25)51-52(42(39)55)26-18-27(71(59,60)61)20-28(19-26)72(62,63)64/h2-4,6-13,16-21,53-55H,5,14-15,22H2,1H3,(H,56,57,58)(H,59,60,61)(H,62,63,64)(H,65,66,67). The average molecular weight is 1090 g/mol. The van der Waals surface area contributed by atoms with Gasteiger partial charge in [-0.05, 0) is 79.1 Å². The van der Waals surface area contributed by atoms with Crippen LogP contribution in [0.5, 0.6) is 17.4 Å². The molecule has 0 saturated heterocycles. The zero-order chi connectivity index (χ0) is 52.6. The smallest absolute Gasteiger partial charge is 0.297 e. The molecule has 25 nitrogen and oxygen atoms in total. The van der Waals surface area contributed by atoms with Crippen molar-refractivity contribution in [2.24, 2.45) is 30.7 Å². The Kier molecular flexibility index (Phi) is 14.3. The second-order valence-corrected chi connectivity index (χ2v) is 22.3. The Hall–Kier alpha value is -7.52. The SMILES string of the molecule is Cc1cc(N=Nc2ccc3c(S(=O)(=O)O)c(N=Nc4c(-c5ccccc5)nn(-c5cc(S(=O)(=O)O)cc(S(=O)(=O)O)c5)c4O)ccc3c2O)c(OCCCS(=O)(=O)O)cc1N=Nc1nc2ccc(CO)cc2s1. The van der Waals surface area contributed by atoms with Crippen LogP contribution in [0.2, 0.25) is 0 Å². The molecule has 0 atom stereocenters. The van der Waals surface area contributed by atoms with Crippen LogP contribution in [0.3, 0.4) is 0 Å². The number of phenols is 1. The molecule has 2 aromatic heterocycles. The van der Waals surface area contributed by atoms with Gasteiger partial charge in [0.05, 0.1) is 50.3 Å². The number of aliphatic hydroxyl groups excluding tert-OH is 1. The van der Waals surface area contributed by atoms with Crippen molar-refractivity contribution in [2.45, 2.75) is 34.6 Å². The predicted molar refractivity (Wildman–Crippen MR) is 261 cm³/mol. The van der Waals surface area contributed by atoms with E-state index in [9.17, 15) is 67.2 Å². The third-order valence-corrected chi connectivity index (χ3v) is 14.7. The number of fused-ring (bicyclic) bond motifs is 2. The molecule has 8 rings (SSSR count). The van der Waals surface area contributed by atoms with Gasteiger partial charge < -0.3 is 20.1 Å². The van der Waals surface area contributed by atoms with E-state index in [0.29, 0.717) is 38.2 Å². The number of aryl methyl sites for hydroxylation is 1. The maximum atomic E-state index is 13.0. The highest BCUT2D eigenvalue weighted by atomic mass is 32.2. The summed E-state index contributed by atoms with van der Waals surface area (Å²) < 4.78 is 144. The number of hydrogen-bond acceptors (Lipinski definition) is 21. The van der Waals surface area contributed by atoms with Gasteiger partial charge in [-0.25, -0.2) is 4.98 Å². The number of phenolic OH excluding ortho intramolecular Hbond substituents is 1. The number of aliphatic hydroxyl groups is 1. The minimum atomic E-state index is -5.23. The maximum absolute atomic E-state index is 13.0. The first-order valence-corrected chi connectivity index (χ1v) is 27.3. The quantitative estimate of drug-likeness (QED) is 0.0254. The third-order valence-electron chi connectivity index (χ3n) is 10.4. The van der Waals surface area contributed by atoms with Gasteiger partial charge in [0.1, 0.15) is 33.4 Å². The van der Waals surface area contributed by atoms with E-state index in [1.807, 2.05) is 0 Å². The van der Waals surface area contributed by atoms with E-state index >= 15 is 0 Å². The Bertz CT molecular complexity index is 4020. The monoisotopic (exact) mass is 1090 g/mol. The Labute approximate surface area is 417 Å². The van der Waals surface area contributed by atoms with E-state index < -0.39 is 89.6 Å². The Morgan fingerprint density at radius 2 is 1.30 bits per heavy atom. The molecule has 73 heavy (non-hydrogen) atoms. The summed E-state index contributed by atoms with van der Waals surface area (Å²) in [4.78, 5) is 1.55. The molecule has 0 saturated carbocycles. The third kappa shape index (κ3) is 11.7. The van der Waals surface area contributed by atoms with E-state index in [2.05, 4.69) is 40.8 Å². The van der Waals surface area contributed by atoms with Crippen LogP contribution in [0, 0.1) is 6.92 Å². The molecular weight excluding hydrogens is 1060 g/mol. The summed E-state index contributed by atoms with van der Waals surface area (Å²) in [5.74, 6) is -2.14. The van der Waals surface area contributed by atoms with Gasteiger partial charge in [0.15, 0.2) is 11.4 Å². The van der Waals surface area contributed by atoms with E-state index in [1.165, 1.54) is 47.7 Å². The number of thiazole rings is 1. The van der Waals surface area contributed by atoms with Crippen LogP contribution in [0.15, 0.2) is 149 Å². The molecule has 0 aliphatic carbocycles. The van der Waals surface area contributed by atoms with Crippen molar-refractivity contribution in [3.05, 3.63) is 114 Å². The lowest BCUT2D eigenvalue weighted by Gasteiger charge is -2.11. The number of nitrogens with zero attached hydrogens (tertiary/aromatic N) is 9. The minimum absolute atomic E-state index is 0.0287. The van der Waals surface area contributed by atoms with Crippen molar-refractivity contribution >= 4 is 106 Å². The van der Waals surface area contributed by atoms with Gasteiger partial charge in [-0.1, -0.05) is 53.8 Å². The van der Waals surface area contributed by atoms with E-state index in [0.717, 1.165) is 29.0 Å². The highest BCUT2D eigenvalue weighted by Crippen LogP contribution is 2.45. The van der Waals surface area contributed by atoms with Gasteiger partial charge in [-0.15, -0.1) is 30.7 Å². The molecule has 8 aromatic rings. The van der Waals surface area contributed by atoms with Crippen molar-refractivity contribution in [3.63, 3.8) is 0 Å². The molecule has 0 amide bonds. The van der Waals surface area contributed by atoms with Crippen LogP contribution < -0.4 is 4.74 Å². The van der Waals surface area contributed by atoms with Crippen LogP contribution in [0.1, 0.15) is 17.5 Å². The normalized spacial score (nSPS) is 12.8. The number of azo groups is 3. The molecule has 2 heterocycles. The topological polar surface area (TPSA) is 392 Å². The molecule has 7 N–H and O–H groups in total. The second-order valence-electron chi connectivity index (χ2n) is 15.5. The number of aromatic hydroxyl groups is 2. The summed E-state index contributed by atoms with van der Waals surface area (Å²) >= 11 is 1.23. The summed E-state index contributed by atoms with van der Waals surface area (Å²) in [6.07, 6.45) is -0.127. The molecule has 6 aromatic carbocycles. The number of benzene rings is 6. The summed E-state index contributed by atoms with van der Waals surface area (Å²) in [7, 11) is -19.8. The zero-order valence-electron chi connectivity index (χ0n) is 37.0. The molecular formula is C43H35N9O16S5. The molecule has 0 spiro atoms. The largest absolute Gasteiger partial charge is 0.505 e. The molecule has 0 bridgehead atoms. The van der Waals surface area contributed by atoms with Gasteiger partial charge in [0.2, 0.25) is 11.0 Å². The van der Waals surface area contributed by atoms with Gasteiger partial charge in [-0.2, -0.15) is 43.5 Å². The van der Waals surface area contributed by atoms with Crippen LogP contribution in [0.4, 0.5) is 33.6 Å². The van der Waals surface area contributed by atoms with Crippen LogP contribution in [-0.2, 0) is 47.1 Å². The van der Waals surface area contributed by atoms with Crippen molar-refractivity contribution in [3.8, 4) is 34.3 Å². The first kappa shape index (κ1) is 51.8. The summed E-state index contributed by atoms with van der Waals surface area (Å²) in [6.45, 7) is 1.30. The number of ether oxygens (including phenoxy) is 1. The minimum Gasteiger partial charge on any atom is -0.505 e. The fourth-order valence-electron chi connectivity index (χ4n) is 7.00. The van der Waals surface area contributed by atoms with Crippen LogP contribution in [0.25, 0.3) is 37.9 Å². The number of aromatic nitrogens is 3. The number of hydrogen-bond donors (Lipinski definition) is 7. The molecule has 0 aliphatic rings. The van der Waals surface area contributed by atoms with Crippen LogP contribution in [-0.4, -0.2) is 94.3 Å². The van der Waals surface area contributed by atoms with Crippen molar-refractivity contribution in [1.82, 2.24) is 14.8 Å². The Balaban J connectivity index is 1.16. The van der Waals surface area contributed by atoms with Gasteiger partial charge >= 0.3 is 0 Å². The summed E-state index contributed by atoms with van der Waals surface area (Å²) in [5, 5.41) is 61.5. The van der Waals surface area contributed by atoms with E-state index in [1.54, 1.807) is 43.3 Å². The molecule has 378 valence electrons. The lowest BCUT2D eigenvalue weighted by Crippen LogP contribution is -2.08. The summed E-state index contributed by atoms with van der Waals surface area (Å²) in [6, 6.07) is 22.5. The summed E-state index contributed by atoms with van der Waals surface area (Å²) in [5.41, 5.74) is 0.463. The number of rotatable bonds is 17. The molecule has 0 aliphatic heterocycles. The molecule has 0 radical (unpaired) electrons. The van der Waals surface area contributed by atoms with Crippen molar-refractivity contribution in [1.29, 1.82) is 0 Å². The van der Waals surface area contributed by atoms with Gasteiger partial charge in [-0.3, -0.25) is 18.2 Å². The highest BCUT2D eigenvalue weighted by Gasteiger charge is 2.26. The molecule has 30 heteroatoms. The van der Waals surface area contributed by atoms with E-state index in [4.69, 9.17) is 4.74 Å². The van der Waals surface area contributed by atoms with Crippen molar-refractivity contribution < 1.29 is 71.9 Å². The van der Waals surface area contributed by atoms with Crippen molar-refractivity contribution in [2.75, 3.05) is 12.4 Å². The fraction of sp³-hybridized carbons (Fsp3) is 0.116. The molecule has 0 unspecified atom stereocenters. The van der Waals surface area contributed by atoms with E-state index in [-0.39, 0.29) is 58.8 Å². The van der Waals surface area contributed by atoms with Crippen LogP contribution >= 0.6 is 11.3 Å². The fourth-order valence-corrected chi connectivity index (χ4v) is 10.3. The highest BCUT2D eigenvalue weighted by molar-refractivity contribution is 7.87. The Morgan fingerprint density at radius 3 is 1.96 bits per heavy atom. The van der Waals surface area contributed by atoms with Gasteiger partial charge in [0.25, 0.3) is 40.5 Å². The first-order valence-electron chi connectivity index (χ1n) is 20.6. The zero-order valence-corrected chi connectivity index (χ0v) is 41.1.